The summed E-state index contributed by atoms with van der Waals surface area (Å²) in [6, 6.07) is 95.7. The normalized spacial score (nSPS) is 12.7. The largest absolute Gasteiger partial charge is 0.456 e. The van der Waals surface area contributed by atoms with Gasteiger partial charge in [-0.25, -0.2) is 0 Å². The number of furan rings is 1. The third-order valence-corrected chi connectivity index (χ3v) is 15.7. The molecule has 14 rings (SSSR count). The zero-order valence-electron chi connectivity index (χ0n) is 38.1. The quantitative estimate of drug-likeness (QED) is 0.151. The van der Waals surface area contributed by atoms with Crippen LogP contribution in [0.25, 0.3) is 86.6 Å². The molecule has 0 atom stereocenters. The summed E-state index contributed by atoms with van der Waals surface area (Å²) in [5.41, 5.74) is 19.2. The van der Waals surface area contributed by atoms with E-state index in [1.54, 1.807) is 0 Å². The van der Waals surface area contributed by atoms with Gasteiger partial charge in [0.2, 0.25) is 0 Å². The van der Waals surface area contributed by atoms with Crippen LogP contribution < -0.4 is 4.90 Å². The van der Waals surface area contributed by atoms with Crippen molar-refractivity contribution < 1.29 is 4.42 Å². The number of fused-ring (bicyclic) bond motifs is 9. The number of anilines is 3. The summed E-state index contributed by atoms with van der Waals surface area (Å²) in [6.07, 6.45) is 0. The SMILES string of the molecule is c1ccc(C2(c3ccccc3)c3ccccc3-c3c(N(c4ccc(-c5cccc(-c6ccc7oc8ccccc8c7c6)c5)cc4)c4ccc(-c5ccc6c(c5)sc5ccccc56)cc4)cccc32)cc1. The van der Waals surface area contributed by atoms with Crippen LogP contribution in [0.3, 0.4) is 0 Å². The van der Waals surface area contributed by atoms with E-state index in [0.717, 1.165) is 55.7 Å². The first-order valence-electron chi connectivity index (χ1n) is 24.0. The number of thiophene rings is 1. The Balaban J connectivity index is 0.912. The first-order valence-corrected chi connectivity index (χ1v) is 24.8. The van der Waals surface area contributed by atoms with Gasteiger partial charge in [-0.1, -0.05) is 194 Å². The molecule has 0 amide bonds. The molecule has 0 N–H and O–H groups in total. The summed E-state index contributed by atoms with van der Waals surface area (Å²) in [5.74, 6) is 0. The molecule has 0 bridgehead atoms. The number of benzene rings is 11. The Bertz CT molecular complexity index is 4070. The van der Waals surface area contributed by atoms with Crippen molar-refractivity contribution in [2.75, 3.05) is 4.90 Å². The van der Waals surface area contributed by atoms with E-state index in [1.807, 2.05) is 23.5 Å². The van der Waals surface area contributed by atoms with Crippen LogP contribution in [0, 0.1) is 0 Å². The van der Waals surface area contributed by atoms with Crippen molar-refractivity contribution in [1.82, 2.24) is 0 Å². The lowest BCUT2D eigenvalue weighted by molar-refractivity contribution is 0.669. The van der Waals surface area contributed by atoms with Gasteiger partial charge in [-0.3, -0.25) is 0 Å². The second-order valence-electron chi connectivity index (χ2n) is 18.4. The highest BCUT2D eigenvalue weighted by atomic mass is 32.1. The molecule has 2 heterocycles. The molecule has 0 spiro atoms. The van der Waals surface area contributed by atoms with Gasteiger partial charge in [0.1, 0.15) is 11.2 Å². The topological polar surface area (TPSA) is 16.4 Å². The molecule has 0 aliphatic heterocycles. The summed E-state index contributed by atoms with van der Waals surface area (Å²) in [4.78, 5) is 2.46. The lowest BCUT2D eigenvalue weighted by Gasteiger charge is -2.34. The van der Waals surface area contributed by atoms with Gasteiger partial charge in [0.15, 0.2) is 0 Å². The Morgan fingerprint density at radius 3 is 1.60 bits per heavy atom. The first kappa shape index (κ1) is 40.3. The summed E-state index contributed by atoms with van der Waals surface area (Å²) < 4.78 is 8.80. The zero-order valence-corrected chi connectivity index (χ0v) is 38.9. The predicted molar refractivity (Wildman–Crippen MR) is 295 cm³/mol. The highest BCUT2D eigenvalue weighted by Crippen LogP contribution is 2.59. The van der Waals surface area contributed by atoms with E-state index in [2.05, 4.69) is 254 Å². The minimum absolute atomic E-state index is 0.519. The second kappa shape index (κ2) is 16.2. The minimum atomic E-state index is -0.519. The van der Waals surface area contributed by atoms with Crippen molar-refractivity contribution in [3.05, 3.63) is 283 Å². The van der Waals surface area contributed by atoms with Crippen molar-refractivity contribution in [2.24, 2.45) is 0 Å². The molecular weight excluding hydrogens is 867 g/mol. The maximum absolute atomic E-state index is 6.17. The van der Waals surface area contributed by atoms with Crippen LogP contribution in [0.5, 0.6) is 0 Å². The van der Waals surface area contributed by atoms with Gasteiger partial charge in [-0.05, 0) is 128 Å². The summed E-state index contributed by atoms with van der Waals surface area (Å²) in [6.45, 7) is 0. The maximum atomic E-state index is 6.17. The van der Waals surface area contributed by atoms with Gasteiger partial charge in [-0.2, -0.15) is 0 Å². The fraction of sp³-hybridized carbons (Fsp3) is 0.0149. The van der Waals surface area contributed by atoms with Crippen LogP contribution in [-0.2, 0) is 5.41 Å². The van der Waals surface area contributed by atoms with Gasteiger partial charge < -0.3 is 9.32 Å². The number of nitrogens with zero attached hydrogens (tertiary/aromatic N) is 1. The van der Waals surface area contributed by atoms with Crippen LogP contribution in [0.15, 0.2) is 265 Å². The van der Waals surface area contributed by atoms with Crippen molar-refractivity contribution in [2.45, 2.75) is 5.41 Å². The fourth-order valence-corrected chi connectivity index (χ4v) is 12.5. The molecule has 0 fully saturated rings. The van der Waals surface area contributed by atoms with Gasteiger partial charge in [0.25, 0.3) is 0 Å². The van der Waals surface area contributed by atoms with E-state index < -0.39 is 5.41 Å². The van der Waals surface area contributed by atoms with E-state index >= 15 is 0 Å². The highest BCUT2D eigenvalue weighted by Gasteiger charge is 2.47. The summed E-state index contributed by atoms with van der Waals surface area (Å²) >= 11 is 1.86. The molecule has 0 saturated heterocycles. The molecule has 3 heteroatoms. The van der Waals surface area contributed by atoms with Crippen LogP contribution in [0.1, 0.15) is 22.3 Å². The summed E-state index contributed by atoms with van der Waals surface area (Å²) in [5, 5.41) is 4.90. The molecule has 2 nitrogen and oxygen atoms in total. The van der Waals surface area contributed by atoms with Crippen LogP contribution in [0.4, 0.5) is 17.1 Å². The Morgan fingerprint density at radius 2 is 0.857 bits per heavy atom. The van der Waals surface area contributed by atoms with Crippen molar-refractivity contribution in [3.63, 3.8) is 0 Å². The molecule has 70 heavy (non-hydrogen) atoms. The number of para-hydroxylation sites is 1. The lowest BCUT2D eigenvalue weighted by atomic mass is 9.68. The van der Waals surface area contributed by atoms with Crippen LogP contribution in [-0.4, -0.2) is 0 Å². The predicted octanol–water partition coefficient (Wildman–Crippen LogP) is 18.8. The van der Waals surface area contributed by atoms with E-state index in [1.165, 1.54) is 70.2 Å². The number of hydrogen-bond donors (Lipinski definition) is 0. The van der Waals surface area contributed by atoms with Gasteiger partial charge in [-0.15, -0.1) is 11.3 Å². The maximum Gasteiger partial charge on any atom is 0.135 e. The van der Waals surface area contributed by atoms with Crippen molar-refractivity contribution >= 4 is 70.5 Å². The molecule has 2 aromatic heterocycles. The molecule has 13 aromatic rings. The van der Waals surface area contributed by atoms with Gasteiger partial charge >= 0.3 is 0 Å². The average molecular weight is 910 g/mol. The van der Waals surface area contributed by atoms with Crippen LogP contribution >= 0.6 is 11.3 Å². The molecular formula is C67H43NOS. The summed E-state index contributed by atoms with van der Waals surface area (Å²) in [7, 11) is 0. The fourth-order valence-electron chi connectivity index (χ4n) is 11.4. The Morgan fingerprint density at radius 1 is 0.329 bits per heavy atom. The third kappa shape index (κ3) is 6.32. The van der Waals surface area contributed by atoms with E-state index in [-0.39, 0.29) is 0 Å². The van der Waals surface area contributed by atoms with Gasteiger partial charge in [0, 0.05) is 47.9 Å². The Kier molecular flexibility index (Phi) is 9.33. The first-order chi connectivity index (χ1) is 34.7. The second-order valence-corrected chi connectivity index (χ2v) is 19.4. The molecule has 1 aliphatic rings. The molecule has 0 radical (unpaired) electrons. The highest BCUT2D eigenvalue weighted by molar-refractivity contribution is 7.25. The zero-order chi connectivity index (χ0) is 46.2. The Labute approximate surface area is 410 Å². The molecule has 1 aliphatic carbocycles. The number of rotatable bonds is 8. The average Bonchev–Trinajstić information content (AvgIpc) is 4.10. The van der Waals surface area contributed by atoms with Crippen molar-refractivity contribution in [3.8, 4) is 44.5 Å². The van der Waals surface area contributed by atoms with E-state index in [0.29, 0.717) is 0 Å². The van der Waals surface area contributed by atoms with E-state index in [9.17, 15) is 0 Å². The van der Waals surface area contributed by atoms with E-state index in [4.69, 9.17) is 4.42 Å². The minimum Gasteiger partial charge on any atom is -0.456 e. The third-order valence-electron chi connectivity index (χ3n) is 14.6. The standard InChI is InChI=1S/C67H43NOS/c1-3-17-50(18-4-1)67(51-19-5-2-6-20-51)59-24-10-7-23-57(59)66-60(67)25-14-26-61(66)68(53-37-31-45(32-38-53)49-33-39-56-55-22-9-12-28-64(55)70-65(56)43-49)52-35-29-44(30-36-52)46-15-13-16-47(41-46)48-34-40-63-58(42-48)54-21-8-11-27-62(54)69-63/h1-43H. The molecule has 0 unspecified atom stereocenters. The van der Waals surface area contributed by atoms with Crippen LogP contribution in [0.2, 0.25) is 0 Å². The number of hydrogen-bond acceptors (Lipinski definition) is 3. The Hall–Kier alpha value is -8.76. The van der Waals surface area contributed by atoms with Crippen molar-refractivity contribution in [1.29, 1.82) is 0 Å². The molecule has 328 valence electrons. The monoisotopic (exact) mass is 909 g/mol. The van der Waals surface area contributed by atoms with Gasteiger partial charge in [0.05, 0.1) is 11.1 Å². The molecule has 0 saturated carbocycles. The lowest BCUT2D eigenvalue weighted by Crippen LogP contribution is -2.28. The molecule has 11 aromatic carbocycles. The smallest absolute Gasteiger partial charge is 0.135 e.